The minimum atomic E-state index is -0.254. The van der Waals surface area contributed by atoms with Gasteiger partial charge in [0.15, 0.2) is 0 Å². The molecule has 0 saturated carbocycles. The zero-order valence-corrected chi connectivity index (χ0v) is 17.8. The predicted octanol–water partition coefficient (Wildman–Crippen LogP) is 5.74. The van der Waals surface area contributed by atoms with Gasteiger partial charge in [0, 0.05) is 18.8 Å². The first-order valence-corrected chi connectivity index (χ1v) is 10.4. The summed E-state index contributed by atoms with van der Waals surface area (Å²) in [5.41, 5.74) is 4.79. The van der Waals surface area contributed by atoms with Crippen LogP contribution in [0.1, 0.15) is 30.8 Å². The van der Waals surface area contributed by atoms with Gasteiger partial charge in [0.25, 0.3) is 0 Å². The molecular weight excluding hydrogens is 419 g/mol. The van der Waals surface area contributed by atoms with E-state index in [1.54, 1.807) is 18.3 Å². The van der Waals surface area contributed by atoms with E-state index in [2.05, 4.69) is 32.4 Å². The van der Waals surface area contributed by atoms with E-state index in [9.17, 15) is 4.79 Å². The van der Waals surface area contributed by atoms with Crippen molar-refractivity contribution in [2.75, 3.05) is 0 Å². The van der Waals surface area contributed by atoms with Gasteiger partial charge >= 0.3 is 0 Å². The number of carbonyl (C=O) groups excluding carboxylic acids is 1. The summed E-state index contributed by atoms with van der Waals surface area (Å²) >= 11 is 12.1. The van der Waals surface area contributed by atoms with Crippen LogP contribution in [-0.4, -0.2) is 20.9 Å². The summed E-state index contributed by atoms with van der Waals surface area (Å²) in [6.07, 6.45) is 4.66. The van der Waals surface area contributed by atoms with Crippen LogP contribution in [0.3, 0.4) is 0 Å². The number of aromatic nitrogens is 3. The lowest BCUT2D eigenvalue weighted by molar-refractivity contribution is -0.121. The highest BCUT2D eigenvalue weighted by Crippen LogP contribution is 2.27. The van der Waals surface area contributed by atoms with Crippen molar-refractivity contribution in [2.24, 2.45) is 0 Å². The molecular formula is C23H20Cl2N4O. The molecule has 0 unspecified atom stereocenters. The summed E-state index contributed by atoms with van der Waals surface area (Å²) in [5.74, 6) is 0.632. The van der Waals surface area contributed by atoms with Gasteiger partial charge in [0.2, 0.25) is 5.91 Å². The van der Waals surface area contributed by atoms with Gasteiger partial charge in [-0.25, -0.2) is 4.98 Å². The first kappa shape index (κ1) is 20.4. The third-order valence-corrected chi connectivity index (χ3v) is 5.64. The summed E-state index contributed by atoms with van der Waals surface area (Å²) in [5, 5.41) is 3.90. The fourth-order valence-electron chi connectivity index (χ4n) is 3.27. The summed E-state index contributed by atoms with van der Waals surface area (Å²) in [7, 11) is 0. The van der Waals surface area contributed by atoms with E-state index in [0.717, 1.165) is 22.2 Å². The first-order chi connectivity index (χ1) is 14.5. The SMILES string of the molecule is C[C@H](NC(=O)CCc1ccc(-c2cccnc2)cc1)c1nc2cc(Cl)c(Cl)cc2[nH]1. The number of fused-ring (bicyclic) bond motifs is 1. The zero-order chi connectivity index (χ0) is 21.1. The predicted molar refractivity (Wildman–Crippen MR) is 121 cm³/mol. The van der Waals surface area contributed by atoms with Crippen LogP contribution >= 0.6 is 23.2 Å². The number of nitrogens with zero attached hydrogens (tertiary/aromatic N) is 2. The lowest BCUT2D eigenvalue weighted by Gasteiger charge is -2.11. The molecule has 2 N–H and O–H groups in total. The van der Waals surface area contributed by atoms with Crippen molar-refractivity contribution in [1.82, 2.24) is 20.3 Å². The summed E-state index contributed by atoms with van der Waals surface area (Å²) in [6, 6.07) is 15.3. The number of carbonyl (C=O) groups is 1. The molecule has 4 aromatic rings. The van der Waals surface area contributed by atoms with Gasteiger partial charge in [0.1, 0.15) is 5.82 Å². The number of halogens is 2. The van der Waals surface area contributed by atoms with Crippen molar-refractivity contribution in [3.05, 3.63) is 82.4 Å². The number of rotatable bonds is 6. The van der Waals surface area contributed by atoms with E-state index in [1.807, 2.05) is 37.4 Å². The van der Waals surface area contributed by atoms with Gasteiger partial charge in [-0.2, -0.15) is 0 Å². The average molecular weight is 439 g/mol. The Morgan fingerprint density at radius 1 is 1.10 bits per heavy atom. The van der Waals surface area contributed by atoms with Crippen LogP contribution in [0, 0.1) is 0 Å². The largest absolute Gasteiger partial charge is 0.346 e. The summed E-state index contributed by atoms with van der Waals surface area (Å²) in [4.78, 5) is 24.2. The van der Waals surface area contributed by atoms with Crippen molar-refractivity contribution in [3.8, 4) is 11.1 Å². The highest BCUT2D eigenvalue weighted by Gasteiger charge is 2.15. The number of hydrogen-bond donors (Lipinski definition) is 2. The highest BCUT2D eigenvalue weighted by atomic mass is 35.5. The van der Waals surface area contributed by atoms with Crippen LogP contribution in [0.4, 0.5) is 0 Å². The number of nitrogens with one attached hydrogen (secondary N) is 2. The highest BCUT2D eigenvalue weighted by molar-refractivity contribution is 6.42. The third-order valence-electron chi connectivity index (χ3n) is 4.92. The Bertz CT molecular complexity index is 1130. The summed E-state index contributed by atoms with van der Waals surface area (Å²) in [6.45, 7) is 1.89. The molecule has 0 radical (unpaired) electrons. The number of benzene rings is 2. The molecule has 0 aliphatic rings. The van der Waals surface area contributed by atoms with Crippen LogP contribution in [0.2, 0.25) is 10.0 Å². The number of aromatic amines is 1. The van der Waals surface area contributed by atoms with Crippen molar-refractivity contribution in [3.63, 3.8) is 0 Å². The van der Waals surface area contributed by atoms with Crippen molar-refractivity contribution >= 4 is 40.1 Å². The van der Waals surface area contributed by atoms with Crippen LogP contribution in [-0.2, 0) is 11.2 Å². The van der Waals surface area contributed by atoms with E-state index in [0.29, 0.717) is 34.2 Å². The Labute approximate surface area is 184 Å². The second-order valence-corrected chi connectivity index (χ2v) is 7.95. The minimum absolute atomic E-state index is 0.0321. The van der Waals surface area contributed by atoms with Crippen LogP contribution in [0.5, 0.6) is 0 Å². The molecule has 0 aliphatic carbocycles. The second kappa shape index (κ2) is 8.86. The van der Waals surface area contributed by atoms with E-state index < -0.39 is 0 Å². The second-order valence-electron chi connectivity index (χ2n) is 7.13. The third kappa shape index (κ3) is 4.64. The molecule has 0 bridgehead atoms. The number of aryl methyl sites for hydroxylation is 1. The molecule has 2 aromatic carbocycles. The number of hydrogen-bond acceptors (Lipinski definition) is 3. The van der Waals surface area contributed by atoms with E-state index in [4.69, 9.17) is 23.2 Å². The maximum atomic E-state index is 12.4. The average Bonchev–Trinajstić information content (AvgIpc) is 3.16. The standard InChI is InChI=1S/C23H20Cl2N4O/c1-14(23-28-20-11-18(24)19(25)12-21(20)29-23)27-22(30)9-6-15-4-7-16(8-5-15)17-3-2-10-26-13-17/h2-5,7-8,10-14H,6,9H2,1H3,(H,27,30)(H,28,29)/t14-/m0/s1. The molecule has 152 valence electrons. The molecule has 4 rings (SSSR count). The van der Waals surface area contributed by atoms with Crippen LogP contribution < -0.4 is 5.32 Å². The van der Waals surface area contributed by atoms with E-state index >= 15 is 0 Å². The number of pyridine rings is 1. The number of amides is 1. The topological polar surface area (TPSA) is 70.7 Å². The maximum Gasteiger partial charge on any atom is 0.220 e. The molecule has 0 fully saturated rings. The molecule has 2 aromatic heterocycles. The van der Waals surface area contributed by atoms with E-state index in [1.165, 1.54) is 0 Å². The molecule has 0 spiro atoms. The Balaban J connectivity index is 1.34. The maximum absolute atomic E-state index is 12.4. The van der Waals surface area contributed by atoms with Gasteiger partial charge in [-0.05, 0) is 48.2 Å². The van der Waals surface area contributed by atoms with Gasteiger partial charge < -0.3 is 10.3 Å². The summed E-state index contributed by atoms with van der Waals surface area (Å²) < 4.78 is 0. The Hall–Kier alpha value is -2.89. The van der Waals surface area contributed by atoms with Gasteiger partial charge in [-0.3, -0.25) is 9.78 Å². The molecule has 0 aliphatic heterocycles. The Morgan fingerprint density at radius 3 is 2.60 bits per heavy atom. The molecule has 5 nitrogen and oxygen atoms in total. The lowest BCUT2D eigenvalue weighted by Crippen LogP contribution is -2.27. The Morgan fingerprint density at radius 2 is 1.87 bits per heavy atom. The molecule has 2 heterocycles. The van der Waals surface area contributed by atoms with Crippen molar-refractivity contribution in [1.29, 1.82) is 0 Å². The van der Waals surface area contributed by atoms with Crippen molar-refractivity contribution < 1.29 is 4.79 Å². The first-order valence-electron chi connectivity index (χ1n) is 9.63. The smallest absolute Gasteiger partial charge is 0.220 e. The monoisotopic (exact) mass is 438 g/mol. The molecule has 7 heteroatoms. The molecule has 30 heavy (non-hydrogen) atoms. The molecule has 1 atom stereocenters. The van der Waals surface area contributed by atoms with Crippen LogP contribution in [0.15, 0.2) is 60.9 Å². The van der Waals surface area contributed by atoms with Crippen molar-refractivity contribution in [2.45, 2.75) is 25.8 Å². The number of H-pyrrole nitrogens is 1. The minimum Gasteiger partial charge on any atom is -0.346 e. The molecule has 1 amide bonds. The van der Waals surface area contributed by atoms with Gasteiger partial charge in [0.05, 0.1) is 27.1 Å². The fraction of sp³-hybridized carbons (Fsp3) is 0.174. The molecule has 0 saturated heterocycles. The normalized spacial score (nSPS) is 12.1. The van der Waals surface area contributed by atoms with Gasteiger partial charge in [-0.15, -0.1) is 0 Å². The fourth-order valence-corrected chi connectivity index (χ4v) is 3.59. The van der Waals surface area contributed by atoms with Gasteiger partial charge in [-0.1, -0.05) is 53.5 Å². The number of imidazole rings is 1. The quantitative estimate of drug-likeness (QED) is 0.402. The lowest BCUT2D eigenvalue weighted by atomic mass is 10.0. The zero-order valence-electron chi connectivity index (χ0n) is 16.3. The Kier molecular flexibility index (Phi) is 6.02. The van der Waals surface area contributed by atoms with Crippen LogP contribution in [0.25, 0.3) is 22.2 Å². The van der Waals surface area contributed by atoms with E-state index in [-0.39, 0.29) is 11.9 Å².